The summed E-state index contributed by atoms with van der Waals surface area (Å²) in [6, 6.07) is 10.3. The van der Waals surface area contributed by atoms with E-state index < -0.39 is 0 Å². The molecule has 0 aliphatic heterocycles. The zero-order valence-corrected chi connectivity index (χ0v) is 13.1. The molecule has 2 rings (SSSR count). The Balaban J connectivity index is 2.09. The van der Waals surface area contributed by atoms with Gasteiger partial charge in [-0.15, -0.1) is 0 Å². The number of thioether (sulfide) groups is 1. The SMILES string of the molecule is CC(C)(C)SC(=O)C[C@@H]([C]1[CH][CH][CH][CH]1)c1ccccc1. The summed E-state index contributed by atoms with van der Waals surface area (Å²) in [6.45, 7) is 6.24. The van der Waals surface area contributed by atoms with Gasteiger partial charge in [-0.05, 0) is 43.1 Å². The zero-order chi connectivity index (χ0) is 14.6. The van der Waals surface area contributed by atoms with Gasteiger partial charge >= 0.3 is 0 Å². The highest BCUT2D eigenvalue weighted by molar-refractivity contribution is 8.14. The van der Waals surface area contributed by atoms with Crippen molar-refractivity contribution in [1.82, 2.24) is 0 Å². The lowest BCUT2D eigenvalue weighted by Gasteiger charge is -2.24. The van der Waals surface area contributed by atoms with Gasteiger partial charge in [-0.1, -0.05) is 62.9 Å². The van der Waals surface area contributed by atoms with Crippen molar-refractivity contribution in [2.75, 3.05) is 0 Å². The lowest BCUT2D eigenvalue weighted by atomic mass is 9.83. The summed E-state index contributed by atoms with van der Waals surface area (Å²) < 4.78 is -0.0235. The smallest absolute Gasteiger partial charge is 0.190 e. The molecular weight excluding hydrogens is 264 g/mol. The van der Waals surface area contributed by atoms with Crippen LogP contribution < -0.4 is 0 Å². The Morgan fingerprint density at radius 2 is 1.70 bits per heavy atom. The molecule has 1 fully saturated rings. The molecule has 1 aliphatic carbocycles. The first kappa shape index (κ1) is 15.6. The molecule has 2 heteroatoms. The molecule has 1 saturated carbocycles. The van der Waals surface area contributed by atoms with Gasteiger partial charge in [0.2, 0.25) is 0 Å². The third-order valence-electron chi connectivity index (χ3n) is 3.08. The Kier molecular flexibility index (Phi) is 5.31. The van der Waals surface area contributed by atoms with Crippen LogP contribution in [0.4, 0.5) is 0 Å². The van der Waals surface area contributed by atoms with Crippen molar-refractivity contribution < 1.29 is 4.79 Å². The third-order valence-corrected chi connectivity index (χ3v) is 4.09. The summed E-state index contributed by atoms with van der Waals surface area (Å²) in [4.78, 5) is 12.3. The largest absolute Gasteiger partial charge is 0.287 e. The predicted molar refractivity (Wildman–Crippen MR) is 86.6 cm³/mol. The van der Waals surface area contributed by atoms with Crippen LogP contribution >= 0.6 is 11.8 Å². The molecule has 0 unspecified atom stereocenters. The molecule has 0 heterocycles. The minimum Gasteiger partial charge on any atom is -0.287 e. The predicted octanol–water partition coefficient (Wildman–Crippen LogP) is 4.62. The Bertz CT molecular complexity index is 426. The highest BCUT2D eigenvalue weighted by Crippen LogP contribution is 2.41. The summed E-state index contributed by atoms with van der Waals surface area (Å²) in [6.07, 6.45) is 8.83. The van der Waals surface area contributed by atoms with Crippen LogP contribution in [-0.2, 0) is 4.79 Å². The summed E-state index contributed by atoms with van der Waals surface area (Å²) in [5.74, 6) is 1.38. The lowest BCUT2D eigenvalue weighted by molar-refractivity contribution is -0.111. The number of hydrogen-bond donors (Lipinski definition) is 0. The van der Waals surface area contributed by atoms with E-state index in [1.807, 2.05) is 31.0 Å². The molecule has 5 radical (unpaired) electrons. The van der Waals surface area contributed by atoms with Gasteiger partial charge in [0.25, 0.3) is 0 Å². The van der Waals surface area contributed by atoms with Crippen LogP contribution in [0.1, 0.15) is 38.7 Å². The standard InChI is InChI=1S/C18H21OS/c1-18(2,3)20-17(19)13-16(15-11-7-8-12-15)14-9-5-4-6-10-14/h4-12,16H,13H2,1-3H3/t16-/m1/s1. The Hall–Kier alpha value is -0.760. The molecule has 1 aromatic rings. The van der Waals surface area contributed by atoms with E-state index in [9.17, 15) is 4.79 Å². The fourth-order valence-corrected chi connectivity index (χ4v) is 3.22. The number of carbonyl (C=O) groups excluding carboxylic acids is 1. The van der Waals surface area contributed by atoms with Crippen molar-refractivity contribution in [3.05, 3.63) is 67.5 Å². The van der Waals surface area contributed by atoms with Crippen LogP contribution in [0.2, 0.25) is 0 Å². The van der Waals surface area contributed by atoms with Gasteiger partial charge < -0.3 is 0 Å². The van der Waals surface area contributed by atoms with E-state index in [1.54, 1.807) is 0 Å². The molecule has 1 aromatic carbocycles. The first-order valence-corrected chi connectivity index (χ1v) is 7.76. The second-order valence-electron chi connectivity index (χ2n) is 5.97. The average Bonchev–Trinajstić information content (AvgIpc) is 2.88. The maximum Gasteiger partial charge on any atom is 0.190 e. The van der Waals surface area contributed by atoms with E-state index in [0.29, 0.717) is 6.42 Å². The number of hydrogen-bond acceptors (Lipinski definition) is 2. The van der Waals surface area contributed by atoms with Gasteiger partial charge in [0, 0.05) is 11.2 Å². The summed E-state index contributed by atoms with van der Waals surface area (Å²) in [7, 11) is 0. The summed E-state index contributed by atoms with van der Waals surface area (Å²) in [5, 5.41) is 0.257. The van der Waals surface area contributed by atoms with Gasteiger partial charge in [-0.2, -0.15) is 0 Å². The number of carbonyl (C=O) groups is 1. The Morgan fingerprint density at radius 3 is 2.25 bits per heavy atom. The first-order valence-electron chi connectivity index (χ1n) is 6.94. The fraction of sp³-hybridized carbons (Fsp3) is 0.333. The molecule has 0 N–H and O–H groups in total. The molecule has 1 aliphatic rings. The van der Waals surface area contributed by atoms with Crippen LogP contribution in [0, 0.1) is 31.6 Å². The van der Waals surface area contributed by atoms with Gasteiger partial charge in [-0.3, -0.25) is 4.79 Å². The molecule has 20 heavy (non-hydrogen) atoms. The number of rotatable bonds is 4. The van der Waals surface area contributed by atoms with E-state index in [-0.39, 0.29) is 15.8 Å². The van der Waals surface area contributed by atoms with Crippen LogP contribution in [0.25, 0.3) is 0 Å². The molecule has 0 saturated heterocycles. The second-order valence-corrected chi connectivity index (χ2v) is 7.86. The fourth-order valence-electron chi connectivity index (χ4n) is 2.28. The number of benzene rings is 1. The van der Waals surface area contributed by atoms with Crippen molar-refractivity contribution in [1.29, 1.82) is 0 Å². The van der Waals surface area contributed by atoms with E-state index in [2.05, 4.69) is 45.7 Å². The highest BCUT2D eigenvalue weighted by Gasteiger charge is 2.30. The van der Waals surface area contributed by atoms with Crippen molar-refractivity contribution in [2.24, 2.45) is 0 Å². The minimum absolute atomic E-state index is 0.0235. The summed E-state index contributed by atoms with van der Waals surface area (Å²) >= 11 is 1.44. The molecule has 0 spiro atoms. The van der Waals surface area contributed by atoms with E-state index in [4.69, 9.17) is 0 Å². The first-order chi connectivity index (χ1) is 9.46. The molecular formula is C18H21OS. The summed E-state index contributed by atoms with van der Waals surface area (Å²) in [5.41, 5.74) is 1.21. The van der Waals surface area contributed by atoms with Gasteiger partial charge in [0.05, 0.1) is 0 Å². The lowest BCUT2D eigenvalue weighted by Crippen LogP contribution is -2.17. The van der Waals surface area contributed by atoms with E-state index in [0.717, 1.165) is 0 Å². The monoisotopic (exact) mass is 285 g/mol. The van der Waals surface area contributed by atoms with Crippen LogP contribution in [0.15, 0.2) is 30.3 Å². The average molecular weight is 285 g/mol. The molecule has 0 bridgehead atoms. The molecule has 1 nitrogen and oxygen atoms in total. The topological polar surface area (TPSA) is 17.1 Å². The van der Waals surface area contributed by atoms with Crippen LogP contribution in [0.5, 0.6) is 0 Å². The highest BCUT2D eigenvalue weighted by atomic mass is 32.2. The molecule has 1 atom stereocenters. The van der Waals surface area contributed by atoms with Crippen molar-refractivity contribution in [3.8, 4) is 0 Å². The Labute approximate surface area is 127 Å². The van der Waals surface area contributed by atoms with Crippen LogP contribution in [-0.4, -0.2) is 9.86 Å². The van der Waals surface area contributed by atoms with Gasteiger partial charge in [0.1, 0.15) is 0 Å². The quantitative estimate of drug-likeness (QED) is 0.802. The van der Waals surface area contributed by atoms with Crippen molar-refractivity contribution >= 4 is 16.9 Å². The van der Waals surface area contributed by atoms with Gasteiger partial charge in [-0.25, -0.2) is 0 Å². The minimum atomic E-state index is -0.0235. The van der Waals surface area contributed by atoms with Crippen molar-refractivity contribution in [2.45, 2.75) is 37.9 Å². The zero-order valence-electron chi connectivity index (χ0n) is 12.3. The normalized spacial score (nSPS) is 18.1. The van der Waals surface area contributed by atoms with Crippen LogP contribution in [0.3, 0.4) is 0 Å². The third kappa shape index (κ3) is 4.66. The Morgan fingerprint density at radius 1 is 1.10 bits per heavy atom. The molecule has 105 valence electrons. The molecule has 0 aromatic heterocycles. The van der Waals surface area contributed by atoms with Gasteiger partial charge in [0.15, 0.2) is 5.12 Å². The maximum absolute atomic E-state index is 12.3. The van der Waals surface area contributed by atoms with E-state index in [1.165, 1.54) is 23.2 Å². The van der Waals surface area contributed by atoms with E-state index >= 15 is 0 Å². The van der Waals surface area contributed by atoms with Crippen molar-refractivity contribution in [3.63, 3.8) is 0 Å². The second kappa shape index (κ2) is 6.80. The maximum atomic E-state index is 12.3. The molecule has 0 amide bonds.